The Bertz CT molecular complexity index is 2920. The van der Waals surface area contributed by atoms with E-state index in [1.165, 1.54) is 48.8 Å². The maximum Gasteiger partial charge on any atom is 0.120 e. The third-order valence-electron chi connectivity index (χ3n) is 7.79. The molecule has 0 amide bonds. The predicted molar refractivity (Wildman–Crippen MR) is 215 cm³/mol. The standard InChI is InChI=1S/C31H30NO.C17H20N.Ir/c1-19-10-13-29-27(14-19)24-8-7-9-25(30(24)33-29)28-16-26(21(3)18-32-28)23-12-11-22(15-20(23)2)17-31(4,5)6;1-13-5-8-15(9-6-13)16-10-7-14(12-18-16)11-17(2,3)4;/h7-8,10-16,18H,17H2,1-6H3;5-8,10,12H,11H2,1-4H3;/q2*-1;/i1D3,2D3,3D3,17D2;1D3,11D2;. The smallest absolute Gasteiger partial charge is 0.120 e. The number of pyridine rings is 2. The molecule has 0 saturated carbocycles. The summed E-state index contributed by atoms with van der Waals surface area (Å²) in [5, 5.41) is 1.19. The van der Waals surface area contributed by atoms with E-state index >= 15 is 0 Å². The van der Waals surface area contributed by atoms with Gasteiger partial charge in [-0.05, 0) is 101 Å². The van der Waals surface area contributed by atoms with E-state index in [9.17, 15) is 0 Å². The average molecular weight is 879 g/mol. The van der Waals surface area contributed by atoms with Crippen molar-refractivity contribution in [2.45, 2.75) is 81.7 Å². The van der Waals surface area contributed by atoms with Crippen LogP contribution >= 0.6 is 0 Å². The van der Waals surface area contributed by atoms with E-state index in [-0.39, 0.29) is 64.7 Å². The Kier molecular flexibility index (Phi) is 6.84. The number of rotatable bonds is 5. The summed E-state index contributed by atoms with van der Waals surface area (Å²) >= 11 is 0. The second kappa shape index (κ2) is 15.7. The Morgan fingerprint density at radius 2 is 1.38 bits per heavy atom. The fraction of sp³-hybridized carbons (Fsp3) is 0.292. The third kappa shape index (κ3) is 9.34. The van der Waals surface area contributed by atoms with Gasteiger partial charge in [0.05, 0.1) is 5.58 Å². The molecule has 3 nitrogen and oxygen atoms in total. The number of benzene rings is 4. The second-order valence-electron chi connectivity index (χ2n) is 14.5. The zero-order chi connectivity index (χ0) is 50.1. The van der Waals surface area contributed by atoms with Crippen LogP contribution in [0.2, 0.25) is 0 Å². The zero-order valence-electron chi connectivity index (χ0n) is 45.9. The zero-order valence-corrected chi connectivity index (χ0v) is 32.3. The van der Waals surface area contributed by atoms with Crippen molar-refractivity contribution in [3.63, 3.8) is 0 Å². The molecule has 0 fully saturated rings. The average Bonchev–Trinajstić information content (AvgIpc) is 3.60. The number of aryl methyl sites for hydroxylation is 4. The van der Waals surface area contributed by atoms with E-state index in [2.05, 4.69) is 22.1 Å². The molecule has 0 saturated heterocycles. The monoisotopic (exact) mass is 879 g/mol. The molecule has 0 aliphatic heterocycles. The normalized spacial score (nSPS) is 17.7. The van der Waals surface area contributed by atoms with E-state index in [0.717, 1.165) is 0 Å². The van der Waals surface area contributed by atoms with Crippen LogP contribution in [0.4, 0.5) is 0 Å². The first kappa shape index (κ1) is 22.6. The van der Waals surface area contributed by atoms with E-state index in [1.807, 2.05) is 20.8 Å². The van der Waals surface area contributed by atoms with Gasteiger partial charge in [-0.1, -0.05) is 107 Å². The SMILES string of the molecule is [2H]C([2H])([2H])c1c[c-]c(-c2ccc(C([2H])([2H])C(C)(C)C)cn2)cc1.[2H]C([2H])([2H])c1ccc2oc3c(-c4cc(-c5ccc(C([2H])([2H])C(C)(C)C)cc5C([2H])([2H])[2H])c(C([2H])([2H])[2H])cn4)[c-]ccc3c2c1.[Ir]. The van der Waals surface area contributed by atoms with Gasteiger partial charge in [-0.2, -0.15) is 0 Å². The summed E-state index contributed by atoms with van der Waals surface area (Å²) in [5.74, 6) is 0. The Morgan fingerprint density at radius 1 is 0.654 bits per heavy atom. The Morgan fingerprint density at radius 3 is 2.06 bits per heavy atom. The molecule has 52 heavy (non-hydrogen) atoms. The van der Waals surface area contributed by atoms with Gasteiger partial charge in [0.2, 0.25) is 0 Å². The number of furan rings is 1. The van der Waals surface area contributed by atoms with Crippen molar-refractivity contribution in [3.05, 3.63) is 143 Å². The molecule has 269 valence electrons. The molecule has 0 atom stereocenters. The molecule has 1 radical (unpaired) electrons. The second-order valence-corrected chi connectivity index (χ2v) is 14.5. The summed E-state index contributed by atoms with van der Waals surface area (Å²) in [6, 6.07) is 27.8. The fourth-order valence-electron chi connectivity index (χ4n) is 5.68. The number of hydrogen-bond donors (Lipinski definition) is 0. The summed E-state index contributed by atoms with van der Waals surface area (Å²) < 4.78 is 135. The maximum absolute atomic E-state index is 8.69. The Balaban J connectivity index is 0.000000304. The van der Waals surface area contributed by atoms with Crippen LogP contribution in [0, 0.1) is 50.4 Å². The van der Waals surface area contributed by atoms with Crippen LogP contribution in [-0.4, -0.2) is 9.97 Å². The molecule has 3 heterocycles. The number of nitrogens with zero attached hydrogens (tertiary/aromatic N) is 2. The summed E-state index contributed by atoms with van der Waals surface area (Å²) in [6.07, 6.45) is -0.655. The quantitative estimate of drug-likeness (QED) is 0.162. The number of fused-ring (bicyclic) bond motifs is 3. The van der Waals surface area contributed by atoms with Crippen LogP contribution in [0.3, 0.4) is 0 Å². The first-order chi connectivity index (χ1) is 30.5. The molecule has 3 aromatic heterocycles. The summed E-state index contributed by atoms with van der Waals surface area (Å²) in [7, 11) is 0. The molecular weight excluding hydrogens is 813 g/mol. The molecule has 7 aromatic rings. The molecular formula is C48H50IrN2O-2. The van der Waals surface area contributed by atoms with Gasteiger partial charge in [0.1, 0.15) is 5.58 Å². The van der Waals surface area contributed by atoms with Gasteiger partial charge in [0, 0.05) is 59.8 Å². The van der Waals surface area contributed by atoms with E-state index in [4.69, 9.17) is 26.3 Å². The first-order valence-electron chi connectivity index (χ1n) is 24.6. The van der Waals surface area contributed by atoms with Crippen molar-refractivity contribution >= 4 is 21.9 Å². The molecule has 0 unspecified atom stereocenters. The predicted octanol–water partition coefficient (Wildman–Crippen LogP) is 13.1. The minimum absolute atomic E-state index is 0. The van der Waals surface area contributed by atoms with Crippen molar-refractivity contribution in [3.8, 4) is 33.6 Å². The fourth-order valence-corrected chi connectivity index (χ4v) is 5.68. The van der Waals surface area contributed by atoms with Gasteiger partial charge in [-0.25, -0.2) is 0 Å². The number of hydrogen-bond acceptors (Lipinski definition) is 3. The van der Waals surface area contributed by atoms with Gasteiger partial charge in [-0.15, -0.1) is 53.6 Å². The van der Waals surface area contributed by atoms with Crippen LogP contribution in [0.15, 0.2) is 102 Å². The van der Waals surface area contributed by atoms with Crippen LogP contribution in [0.5, 0.6) is 0 Å². The maximum atomic E-state index is 8.69. The van der Waals surface area contributed by atoms with Crippen molar-refractivity contribution in [1.82, 2.24) is 9.97 Å². The van der Waals surface area contributed by atoms with Gasteiger partial charge in [0.25, 0.3) is 0 Å². The molecule has 0 aliphatic carbocycles. The van der Waals surface area contributed by atoms with Crippen LogP contribution in [-0.2, 0) is 32.9 Å². The summed E-state index contributed by atoms with van der Waals surface area (Å²) in [4.78, 5) is 8.73. The van der Waals surface area contributed by atoms with Crippen LogP contribution in [0.1, 0.15) is 96.9 Å². The molecule has 0 spiro atoms. The Labute approximate surface area is 346 Å². The Hall–Kier alpha value is -4.37. The van der Waals surface area contributed by atoms with Crippen molar-refractivity contribution in [2.75, 3.05) is 0 Å². The van der Waals surface area contributed by atoms with Crippen molar-refractivity contribution in [2.24, 2.45) is 10.8 Å². The van der Waals surface area contributed by atoms with Crippen molar-refractivity contribution in [1.29, 1.82) is 0 Å². The van der Waals surface area contributed by atoms with Crippen molar-refractivity contribution < 1.29 is 46.5 Å². The van der Waals surface area contributed by atoms with E-state index < -0.39 is 51.0 Å². The van der Waals surface area contributed by atoms with Gasteiger partial charge >= 0.3 is 0 Å². The topological polar surface area (TPSA) is 38.9 Å². The minimum Gasteiger partial charge on any atom is -0.501 e. The molecule has 4 aromatic carbocycles. The summed E-state index contributed by atoms with van der Waals surface area (Å²) in [6.45, 7) is 0.907. The van der Waals surface area contributed by atoms with Crippen LogP contribution < -0.4 is 0 Å². The third-order valence-corrected chi connectivity index (χ3v) is 7.79. The van der Waals surface area contributed by atoms with Gasteiger partial charge < -0.3 is 14.4 Å². The first-order valence-corrected chi connectivity index (χ1v) is 16.6. The largest absolute Gasteiger partial charge is 0.501 e. The van der Waals surface area contributed by atoms with Gasteiger partial charge in [-0.3, -0.25) is 0 Å². The van der Waals surface area contributed by atoms with Crippen LogP contribution in [0.25, 0.3) is 55.6 Å². The van der Waals surface area contributed by atoms with E-state index in [0.29, 0.717) is 44.3 Å². The molecule has 0 bridgehead atoms. The molecule has 0 aliphatic rings. The molecule has 7 rings (SSSR count). The van der Waals surface area contributed by atoms with E-state index in [1.54, 1.807) is 69.3 Å². The summed E-state index contributed by atoms with van der Waals surface area (Å²) in [5.41, 5.74) is 2.32. The molecule has 0 N–H and O–H groups in total. The molecule has 4 heteroatoms. The van der Waals surface area contributed by atoms with Gasteiger partial charge in [0.15, 0.2) is 0 Å². The number of aromatic nitrogens is 2. The minimum atomic E-state index is -2.69.